The third kappa shape index (κ3) is 4.31. The lowest BCUT2D eigenvalue weighted by molar-refractivity contribution is 0.0954. The summed E-state index contributed by atoms with van der Waals surface area (Å²) in [6.45, 7) is 3.64. The van der Waals surface area contributed by atoms with Crippen LogP contribution in [0.1, 0.15) is 36.5 Å². The van der Waals surface area contributed by atoms with Crippen LogP contribution in [-0.4, -0.2) is 51.4 Å². The highest BCUT2D eigenvalue weighted by atomic mass is 32.2. The molecule has 1 saturated heterocycles. The largest absolute Gasteiger partial charge is 0.351 e. The van der Waals surface area contributed by atoms with Gasteiger partial charge in [-0.2, -0.15) is 4.31 Å². The molecule has 1 fully saturated rings. The number of nitrogens with one attached hydrogen (secondary N) is 2. The molecule has 1 atom stereocenters. The maximum atomic E-state index is 12.8. The topological polar surface area (TPSA) is 78.5 Å². The monoisotopic (exact) mass is 339 g/mol. The van der Waals surface area contributed by atoms with Gasteiger partial charge in [0.05, 0.1) is 4.90 Å². The molecule has 2 N–H and O–H groups in total. The highest BCUT2D eigenvalue weighted by molar-refractivity contribution is 7.89. The van der Waals surface area contributed by atoms with Crippen LogP contribution in [0.5, 0.6) is 0 Å². The number of carbonyl (C=O) groups is 1. The third-order valence-electron chi connectivity index (χ3n) is 4.11. The maximum Gasteiger partial charge on any atom is 0.251 e. The fourth-order valence-corrected chi connectivity index (χ4v) is 4.51. The SMILES string of the molecule is CNCCNC(=O)c1cccc(S(=O)(=O)N2CCCCC2C)c1. The van der Waals surface area contributed by atoms with E-state index in [1.54, 1.807) is 29.6 Å². The van der Waals surface area contributed by atoms with E-state index in [0.29, 0.717) is 25.2 Å². The van der Waals surface area contributed by atoms with Crippen molar-refractivity contribution in [3.8, 4) is 0 Å². The van der Waals surface area contributed by atoms with Gasteiger partial charge in [0.2, 0.25) is 10.0 Å². The number of piperidine rings is 1. The molecule has 1 aromatic rings. The molecule has 128 valence electrons. The Hall–Kier alpha value is -1.44. The highest BCUT2D eigenvalue weighted by Gasteiger charge is 2.31. The van der Waals surface area contributed by atoms with E-state index in [0.717, 1.165) is 19.3 Å². The second-order valence-corrected chi connectivity index (χ2v) is 7.74. The van der Waals surface area contributed by atoms with Crippen LogP contribution in [0.4, 0.5) is 0 Å². The van der Waals surface area contributed by atoms with E-state index in [1.165, 1.54) is 6.07 Å². The lowest BCUT2D eigenvalue weighted by atomic mass is 10.1. The molecule has 2 rings (SSSR count). The molecule has 0 bridgehead atoms. The number of nitrogens with zero attached hydrogens (tertiary/aromatic N) is 1. The molecular weight excluding hydrogens is 314 g/mol. The number of amides is 1. The molecule has 0 aliphatic carbocycles. The number of carbonyl (C=O) groups excluding carboxylic acids is 1. The molecule has 1 heterocycles. The minimum Gasteiger partial charge on any atom is -0.351 e. The van der Waals surface area contributed by atoms with Gasteiger partial charge < -0.3 is 10.6 Å². The Morgan fingerprint density at radius 1 is 1.30 bits per heavy atom. The molecule has 1 aromatic carbocycles. The summed E-state index contributed by atoms with van der Waals surface area (Å²) in [4.78, 5) is 12.3. The van der Waals surface area contributed by atoms with E-state index in [-0.39, 0.29) is 16.8 Å². The number of likely N-dealkylation sites (N-methyl/N-ethyl adjacent to an activating group) is 1. The lowest BCUT2D eigenvalue weighted by Gasteiger charge is -2.32. The molecule has 1 aliphatic heterocycles. The zero-order chi connectivity index (χ0) is 16.9. The van der Waals surface area contributed by atoms with Gasteiger partial charge in [-0.3, -0.25) is 4.79 Å². The van der Waals surface area contributed by atoms with Gasteiger partial charge >= 0.3 is 0 Å². The Balaban J connectivity index is 2.19. The van der Waals surface area contributed by atoms with Crippen LogP contribution in [0, 0.1) is 0 Å². The Morgan fingerprint density at radius 2 is 2.09 bits per heavy atom. The Bertz CT molecular complexity index is 646. The summed E-state index contributed by atoms with van der Waals surface area (Å²) in [7, 11) is -1.75. The van der Waals surface area contributed by atoms with Crippen molar-refractivity contribution in [2.45, 2.75) is 37.1 Å². The van der Waals surface area contributed by atoms with Crippen molar-refractivity contribution < 1.29 is 13.2 Å². The zero-order valence-corrected chi connectivity index (χ0v) is 14.5. The predicted octanol–water partition coefficient (Wildman–Crippen LogP) is 1.20. The minimum atomic E-state index is -3.55. The first-order valence-electron chi connectivity index (χ1n) is 8.01. The average Bonchev–Trinajstić information content (AvgIpc) is 2.55. The van der Waals surface area contributed by atoms with Gasteiger partial charge in [0.15, 0.2) is 0 Å². The molecule has 1 aliphatic rings. The maximum absolute atomic E-state index is 12.8. The summed E-state index contributed by atoms with van der Waals surface area (Å²) < 4.78 is 27.2. The van der Waals surface area contributed by atoms with Gasteiger partial charge in [-0.25, -0.2) is 8.42 Å². The van der Waals surface area contributed by atoms with Crippen LogP contribution >= 0.6 is 0 Å². The van der Waals surface area contributed by atoms with E-state index in [9.17, 15) is 13.2 Å². The standard InChI is InChI=1S/C16H25N3O3S/c1-13-6-3-4-11-19(13)23(21,22)15-8-5-7-14(12-15)16(20)18-10-9-17-2/h5,7-8,12-13,17H,3-4,6,9-11H2,1-2H3,(H,18,20). The smallest absolute Gasteiger partial charge is 0.251 e. The third-order valence-corrected chi connectivity index (χ3v) is 6.11. The summed E-state index contributed by atoms with van der Waals surface area (Å²) in [5, 5.41) is 5.70. The molecule has 0 radical (unpaired) electrons. The first kappa shape index (κ1) is 17.9. The first-order valence-corrected chi connectivity index (χ1v) is 9.45. The van der Waals surface area contributed by atoms with Crippen LogP contribution in [0.2, 0.25) is 0 Å². The summed E-state index contributed by atoms with van der Waals surface area (Å²) >= 11 is 0. The van der Waals surface area contributed by atoms with Crippen molar-refractivity contribution in [2.24, 2.45) is 0 Å². The fraction of sp³-hybridized carbons (Fsp3) is 0.562. The molecule has 0 spiro atoms. The van der Waals surface area contributed by atoms with Crippen molar-refractivity contribution in [2.75, 3.05) is 26.7 Å². The summed E-state index contributed by atoms with van der Waals surface area (Å²) in [6.07, 6.45) is 2.82. The van der Waals surface area contributed by atoms with Gasteiger partial charge in [-0.15, -0.1) is 0 Å². The van der Waals surface area contributed by atoms with E-state index < -0.39 is 10.0 Å². The average molecular weight is 339 g/mol. The number of sulfonamides is 1. The molecule has 1 amide bonds. The second kappa shape index (κ2) is 7.90. The number of hydrogen-bond donors (Lipinski definition) is 2. The highest BCUT2D eigenvalue weighted by Crippen LogP contribution is 2.25. The van der Waals surface area contributed by atoms with Crippen molar-refractivity contribution in [3.63, 3.8) is 0 Å². The summed E-state index contributed by atoms with van der Waals surface area (Å²) in [5.74, 6) is -0.260. The van der Waals surface area contributed by atoms with E-state index in [1.807, 2.05) is 6.92 Å². The normalized spacial score (nSPS) is 19.5. The summed E-state index contributed by atoms with van der Waals surface area (Å²) in [5.41, 5.74) is 0.367. The second-order valence-electron chi connectivity index (χ2n) is 5.85. The van der Waals surface area contributed by atoms with Crippen LogP contribution in [0.25, 0.3) is 0 Å². The predicted molar refractivity (Wildman–Crippen MR) is 89.9 cm³/mol. The molecule has 6 nitrogen and oxygen atoms in total. The van der Waals surface area contributed by atoms with Gasteiger partial charge in [-0.1, -0.05) is 12.5 Å². The molecule has 23 heavy (non-hydrogen) atoms. The fourth-order valence-electron chi connectivity index (χ4n) is 2.77. The Labute approximate surface area is 138 Å². The summed E-state index contributed by atoms with van der Waals surface area (Å²) in [6, 6.07) is 6.27. The number of benzene rings is 1. The van der Waals surface area contributed by atoms with Gasteiger partial charge in [-0.05, 0) is 45.0 Å². The van der Waals surface area contributed by atoms with E-state index in [2.05, 4.69) is 10.6 Å². The molecular formula is C16H25N3O3S. The van der Waals surface area contributed by atoms with Crippen molar-refractivity contribution >= 4 is 15.9 Å². The van der Waals surface area contributed by atoms with Gasteiger partial charge in [0, 0.05) is 31.2 Å². The van der Waals surface area contributed by atoms with Crippen LogP contribution in [0.15, 0.2) is 29.2 Å². The zero-order valence-electron chi connectivity index (χ0n) is 13.7. The lowest BCUT2D eigenvalue weighted by Crippen LogP contribution is -2.42. The molecule has 0 saturated carbocycles. The van der Waals surface area contributed by atoms with Crippen molar-refractivity contribution in [3.05, 3.63) is 29.8 Å². The van der Waals surface area contributed by atoms with Crippen molar-refractivity contribution in [1.82, 2.24) is 14.9 Å². The van der Waals surface area contributed by atoms with Crippen LogP contribution in [-0.2, 0) is 10.0 Å². The molecule has 0 aromatic heterocycles. The van der Waals surface area contributed by atoms with Gasteiger partial charge in [0.1, 0.15) is 0 Å². The van der Waals surface area contributed by atoms with Crippen molar-refractivity contribution in [1.29, 1.82) is 0 Å². The number of rotatable bonds is 6. The Kier molecular flexibility index (Phi) is 6.15. The first-order chi connectivity index (χ1) is 11.0. The molecule has 7 heteroatoms. The quantitative estimate of drug-likeness (QED) is 0.764. The minimum absolute atomic E-state index is 0.00172. The van der Waals surface area contributed by atoms with Crippen LogP contribution < -0.4 is 10.6 Å². The van der Waals surface area contributed by atoms with E-state index in [4.69, 9.17) is 0 Å². The number of hydrogen-bond acceptors (Lipinski definition) is 4. The van der Waals surface area contributed by atoms with E-state index >= 15 is 0 Å². The molecule has 1 unspecified atom stereocenters. The Morgan fingerprint density at radius 3 is 2.78 bits per heavy atom. The van der Waals surface area contributed by atoms with Gasteiger partial charge in [0.25, 0.3) is 5.91 Å². The van der Waals surface area contributed by atoms with Crippen LogP contribution in [0.3, 0.4) is 0 Å².